The first-order valence-electron chi connectivity index (χ1n) is 12.3. The topological polar surface area (TPSA) is 62.8 Å². The molecule has 0 saturated carbocycles. The summed E-state index contributed by atoms with van der Waals surface area (Å²) in [6.07, 6.45) is 1.17. The number of carbonyl (C=O) groups excluding carboxylic acids is 1. The summed E-state index contributed by atoms with van der Waals surface area (Å²) in [6, 6.07) is 16.6. The van der Waals surface area contributed by atoms with E-state index >= 15 is 0 Å². The highest BCUT2D eigenvalue weighted by Crippen LogP contribution is 2.32. The molecule has 2 atom stereocenters. The molecule has 37 heavy (non-hydrogen) atoms. The van der Waals surface area contributed by atoms with Gasteiger partial charge in [-0.15, -0.1) is 0 Å². The number of benzene rings is 3. The summed E-state index contributed by atoms with van der Waals surface area (Å²) in [5.41, 5.74) is 2.03. The molecule has 2 N–H and O–H groups in total. The van der Waals surface area contributed by atoms with Gasteiger partial charge in [-0.1, -0.05) is 35.9 Å². The van der Waals surface area contributed by atoms with Gasteiger partial charge in [0, 0.05) is 42.8 Å². The van der Waals surface area contributed by atoms with Crippen LogP contribution in [0.2, 0.25) is 5.02 Å². The SMILES string of the molecule is O=C(NCCc1ccc2c(c1)OCO2)[C@@H]1C[C@@H](NCc2c(F)cccc2F)CN1Cc1cccc(Cl)c1. The standard InChI is InChI=1S/C28H28ClF2N3O3/c29-20-4-1-3-19(11-20)15-34-16-21(33-14-22-23(30)5-2-6-24(22)31)13-25(34)28(35)32-10-9-18-7-8-26-27(12-18)37-17-36-26/h1-8,11-12,21,25,33H,9-10,13-17H2,(H,32,35)/t21-,25+/m1/s1. The summed E-state index contributed by atoms with van der Waals surface area (Å²) in [6.45, 7) is 1.83. The minimum absolute atomic E-state index is 0.000480. The van der Waals surface area contributed by atoms with Crippen molar-refractivity contribution in [2.75, 3.05) is 19.9 Å². The number of ether oxygens (including phenoxy) is 2. The molecule has 0 bridgehead atoms. The first kappa shape index (κ1) is 25.4. The number of carbonyl (C=O) groups is 1. The van der Waals surface area contributed by atoms with Crippen molar-refractivity contribution < 1.29 is 23.0 Å². The molecule has 9 heteroatoms. The lowest BCUT2D eigenvalue weighted by molar-refractivity contribution is -0.125. The predicted molar refractivity (Wildman–Crippen MR) is 137 cm³/mol. The Morgan fingerprint density at radius 2 is 1.78 bits per heavy atom. The molecule has 1 saturated heterocycles. The van der Waals surface area contributed by atoms with Crippen LogP contribution in [-0.4, -0.2) is 42.8 Å². The lowest BCUT2D eigenvalue weighted by Gasteiger charge is -2.23. The monoisotopic (exact) mass is 527 g/mol. The molecule has 2 heterocycles. The van der Waals surface area contributed by atoms with Crippen LogP contribution >= 0.6 is 11.6 Å². The highest BCUT2D eigenvalue weighted by atomic mass is 35.5. The summed E-state index contributed by atoms with van der Waals surface area (Å²) in [7, 11) is 0. The zero-order valence-corrected chi connectivity index (χ0v) is 20.9. The summed E-state index contributed by atoms with van der Waals surface area (Å²) < 4.78 is 39.0. The van der Waals surface area contributed by atoms with Crippen LogP contribution in [0.3, 0.4) is 0 Å². The number of fused-ring (bicyclic) bond motifs is 1. The molecule has 0 unspecified atom stereocenters. The van der Waals surface area contributed by atoms with Crippen LogP contribution in [0.25, 0.3) is 0 Å². The maximum absolute atomic E-state index is 14.1. The predicted octanol–water partition coefficient (Wildman–Crippen LogP) is 4.44. The van der Waals surface area contributed by atoms with Gasteiger partial charge in [0.05, 0.1) is 6.04 Å². The molecule has 1 amide bonds. The fraction of sp³-hybridized carbons (Fsp3) is 0.321. The summed E-state index contributed by atoms with van der Waals surface area (Å²) in [5, 5.41) is 6.93. The first-order chi connectivity index (χ1) is 18.0. The Kier molecular flexibility index (Phi) is 7.88. The van der Waals surface area contributed by atoms with Gasteiger partial charge < -0.3 is 20.1 Å². The molecular formula is C28H28ClF2N3O3. The molecule has 0 aromatic heterocycles. The molecular weight excluding hydrogens is 500 g/mol. The average Bonchev–Trinajstić information content (AvgIpc) is 3.50. The lowest BCUT2D eigenvalue weighted by atomic mass is 10.1. The van der Waals surface area contributed by atoms with Gasteiger partial charge in [-0.3, -0.25) is 9.69 Å². The lowest BCUT2D eigenvalue weighted by Crippen LogP contribution is -2.43. The van der Waals surface area contributed by atoms with Crippen molar-refractivity contribution >= 4 is 17.5 Å². The molecule has 0 radical (unpaired) electrons. The molecule has 1 fully saturated rings. The molecule has 3 aromatic carbocycles. The second kappa shape index (κ2) is 11.5. The van der Waals surface area contributed by atoms with E-state index in [0.29, 0.717) is 43.2 Å². The molecule has 3 aromatic rings. The summed E-state index contributed by atoms with van der Waals surface area (Å²) >= 11 is 6.17. The van der Waals surface area contributed by atoms with Gasteiger partial charge in [0.15, 0.2) is 11.5 Å². The van der Waals surface area contributed by atoms with E-state index in [4.69, 9.17) is 21.1 Å². The zero-order valence-electron chi connectivity index (χ0n) is 20.2. The molecule has 6 nitrogen and oxygen atoms in total. The van der Waals surface area contributed by atoms with Crippen LogP contribution in [0.15, 0.2) is 60.7 Å². The highest BCUT2D eigenvalue weighted by molar-refractivity contribution is 6.30. The normalized spacial score (nSPS) is 18.8. The number of nitrogens with zero attached hydrogens (tertiary/aromatic N) is 1. The van der Waals surface area contributed by atoms with E-state index < -0.39 is 17.7 Å². The van der Waals surface area contributed by atoms with Crippen molar-refractivity contribution in [3.05, 3.63) is 94.0 Å². The highest BCUT2D eigenvalue weighted by Gasteiger charge is 2.36. The second-order valence-electron chi connectivity index (χ2n) is 9.32. The van der Waals surface area contributed by atoms with Crippen molar-refractivity contribution in [2.45, 2.75) is 38.0 Å². The Bertz CT molecular complexity index is 1250. The zero-order chi connectivity index (χ0) is 25.8. The minimum atomic E-state index is -0.584. The van der Waals surface area contributed by atoms with E-state index in [0.717, 1.165) is 16.9 Å². The smallest absolute Gasteiger partial charge is 0.237 e. The van der Waals surface area contributed by atoms with E-state index in [2.05, 4.69) is 15.5 Å². The number of amides is 1. The number of hydrogen-bond donors (Lipinski definition) is 2. The second-order valence-corrected chi connectivity index (χ2v) is 9.75. The third-order valence-corrected chi connectivity index (χ3v) is 6.99. The number of halogens is 3. The molecule has 5 rings (SSSR count). The minimum Gasteiger partial charge on any atom is -0.454 e. The van der Waals surface area contributed by atoms with Gasteiger partial charge in [0.25, 0.3) is 0 Å². The van der Waals surface area contributed by atoms with Crippen LogP contribution in [-0.2, 0) is 24.3 Å². The molecule has 0 spiro atoms. The van der Waals surface area contributed by atoms with E-state index in [-0.39, 0.29) is 30.9 Å². The Morgan fingerprint density at radius 1 is 1.00 bits per heavy atom. The van der Waals surface area contributed by atoms with Gasteiger partial charge >= 0.3 is 0 Å². The fourth-order valence-corrected chi connectivity index (χ4v) is 5.07. The van der Waals surface area contributed by atoms with Crippen molar-refractivity contribution in [1.29, 1.82) is 0 Å². The van der Waals surface area contributed by atoms with Crippen LogP contribution in [0.5, 0.6) is 11.5 Å². The number of rotatable bonds is 9. The molecule has 2 aliphatic heterocycles. The molecule has 2 aliphatic rings. The van der Waals surface area contributed by atoms with Crippen molar-refractivity contribution in [1.82, 2.24) is 15.5 Å². The van der Waals surface area contributed by atoms with Gasteiger partial charge in [0.2, 0.25) is 12.7 Å². The van der Waals surface area contributed by atoms with E-state index in [1.54, 1.807) is 0 Å². The third kappa shape index (κ3) is 6.21. The van der Waals surface area contributed by atoms with Crippen LogP contribution in [0.4, 0.5) is 8.78 Å². The molecule has 0 aliphatic carbocycles. The fourth-order valence-electron chi connectivity index (χ4n) is 4.86. The first-order valence-corrected chi connectivity index (χ1v) is 12.6. The van der Waals surface area contributed by atoms with E-state index in [1.807, 2.05) is 42.5 Å². The van der Waals surface area contributed by atoms with Crippen LogP contribution in [0, 0.1) is 11.6 Å². The van der Waals surface area contributed by atoms with Gasteiger partial charge in [0.1, 0.15) is 11.6 Å². The number of hydrogen-bond acceptors (Lipinski definition) is 5. The van der Waals surface area contributed by atoms with Gasteiger partial charge in [-0.05, 0) is 60.4 Å². The summed E-state index contributed by atoms with van der Waals surface area (Å²) in [5.74, 6) is 0.194. The van der Waals surface area contributed by atoms with E-state index in [9.17, 15) is 13.6 Å². The average molecular weight is 528 g/mol. The van der Waals surface area contributed by atoms with Crippen molar-refractivity contribution in [3.8, 4) is 11.5 Å². The van der Waals surface area contributed by atoms with Crippen molar-refractivity contribution in [2.24, 2.45) is 0 Å². The molecule has 194 valence electrons. The van der Waals surface area contributed by atoms with Crippen LogP contribution in [0.1, 0.15) is 23.1 Å². The Hall–Kier alpha value is -3.20. The quantitative estimate of drug-likeness (QED) is 0.431. The number of nitrogens with one attached hydrogen (secondary N) is 2. The third-order valence-electron chi connectivity index (χ3n) is 6.76. The Morgan fingerprint density at radius 3 is 2.59 bits per heavy atom. The summed E-state index contributed by atoms with van der Waals surface area (Å²) in [4.78, 5) is 15.3. The van der Waals surface area contributed by atoms with Crippen molar-refractivity contribution in [3.63, 3.8) is 0 Å². The van der Waals surface area contributed by atoms with Crippen LogP contribution < -0.4 is 20.1 Å². The Labute approximate surface area is 219 Å². The maximum Gasteiger partial charge on any atom is 0.237 e. The van der Waals surface area contributed by atoms with Gasteiger partial charge in [-0.25, -0.2) is 8.78 Å². The van der Waals surface area contributed by atoms with E-state index in [1.165, 1.54) is 18.2 Å². The maximum atomic E-state index is 14.1. The largest absolute Gasteiger partial charge is 0.454 e. The van der Waals surface area contributed by atoms with Gasteiger partial charge in [-0.2, -0.15) is 0 Å². The number of likely N-dealkylation sites (tertiary alicyclic amines) is 1. The Balaban J connectivity index is 1.22.